The van der Waals surface area contributed by atoms with Crippen molar-refractivity contribution in [2.45, 2.75) is 32.3 Å². The highest BCUT2D eigenvalue weighted by Gasteiger charge is 2.22. The van der Waals surface area contributed by atoms with Crippen LogP contribution in [0.15, 0.2) is 40.3 Å². The summed E-state index contributed by atoms with van der Waals surface area (Å²) in [5.74, 6) is 0.575. The number of carbonyl (C=O) groups excluding carboxylic acids is 1. The molecule has 2 aromatic heterocycles. The predicted molar refractivity (Wildman–Crippen MR) is 122 cm³/mol. The number of para-hydroxylation sites is 1. The molecule has 1 amide bonds. The monoisotopic (exact) mass is 459 g/mol. The van der Waals surface area contributed by atoms with Crippen molar-refractivity contribution in [2.24, 2.45) is 13.0 Å². The SMILES string of the molecule is Cc1c(-n2nnnc2SCC(=O)NCCOCCC(C)C)c(=O)n(-c2ccccc2)n1C. The summed E-state index contributed by atoms with van der Waals surface area (Å²) in [7, 11) is 1.81. The molecule has 0 unspecified atom stereocenters. The predicted octanol–water partition coefficient (Wildman–Crippen LogP) is 1.73. The smallest absolute Gasteiger partial charge is 0.297 e. The van der Waals surface area contributed by atoms with Crippen molar-refractivity contribution < 1.29 is 9.53 Å². The molecule has 0 spiro atoms. The highest BCUT2D eigenvalue weighted by Crippen LogP contribution is 2.19. The summed E-state index contributed by atoms with van der Waals surface area (Å²) in [6, 6.07) is 9.35. The lowest BCUT2D eigenvalue weighted by molar-refractivity contribution is -0.118. The summed E-state index contributed by atoms with van der Waals surface area (Å²) < 4.78 is 10.2. The van der Waals surface area contributed by atoms with Crippen LogP contribution in [0.1, 0.15) is 26.0 Å². The molecule has 0 fully saturated rings. The van der Waals surface area contributed by atoms with Crippen LogP contribution in [0.25, 0.3) is 11.4 Å². The summed E-state index contributed by atoms with van der Waals surface area (Å²) in [6.07, 6.45) is 0.997. The van der Waals surface area contributed by atoms with Gasteiger partial charge in [-0.15, -0.1) is 5.10 Å². The Morgan fingerprint density at radius 2 is 1.97 bits per heavy atom. The van der Waals surface area contributed by atoms with Crippen LogP contribution >= 0.6 is 11.8 Å². The molecule has 11 heteroatoms. The number of amides is 1. The molecule has 0 aliphatic heterocycles. The van der Waals surface area contributed by atoms with Crippen molar-refractivity contribution in [3.05, 3.63) is 46.4 Å². The van der Waals surface area contributed by atoms with Crippen LogP contribution in [0.3, 0.4) is 0 Å². The average molecular weight is 460 g/mol. The summed E-state index contributed by atoms with van der Waals surface area (Å²) in [5, 5.41) is 14.9. The zero-order valence-electron chi connectivity index (χ0n) is 18.8. The Labute approximate surface area is 190 Å². The number of rotatable bonds is 11. The Kier molecular flexibility index (Phi) is 8.23. The van der Waals surface area contributed by atoms with Crippen molar-refractivity contribution >= 4 is 17.7 Å². The van der Waals surface area contributed by atoms with Crippen LogP contribution in [0.4, 0.5) is 0 Å². The molecule has 3 rings (SSSR count). The lowest BCUT2D eigenvalue weighted by atomic mass is 10.1. The second-order valence-corrected chi connectivity index (χ2v) is 8.66. The minimum absolute atomic E-state index is 0.130. The molecule has 1 aromatic carbocycles. The maximum atomic E-state index is 13.2. The largest absolute Gasteiger partial charge is 0.380 e. The fourth-order valence-electron chi connectivity index (χ4n) is 3.07. The Morgan fingerprint density at radius 1 is 1.22 bits per heavy atom. The highest BCUT2D eigenvalue weighted by atomic mass is 32.2. The fourth-order valence-corrected chi connectivity index (χ4v) is 3.78. The Morgan fingerprint density at radius 3 is 2.69 bits per heavy atom. The Bertz CT molecular complexity index is 1090. The van der Waals surface area contributed by atoms with Gasteiger partial charge in [0.15, 0.2) is 5.69 Å². The minimum Gasteiger partial charge on any atom is -0.380 e. The third-order valence-corrected chi connectivity index (χ3v) is 5.84. The molecule has 1 N–H and O–H groups in total. The lowest BCUT2D eigenvalue weighted by Crippen LogP contribution is -2.29. The number of carbonyl (C=O) groups is 1. The van der Waals surface area contributed by atoms with E-state index in [0.717, 1.165) is 12.1 Å². The first-order valence-electron chi connectivity index (χ1n) is 10.5. The molecule has 0 saturated heterocycles. The van der Waals surface area contributed by atoms with E-state index < -0.39 is 0 Å². The molecule has 0 saturated carbocycles. The highest BCUT2D eigenvalue weighted by molar-refractivity contribution is 7.99. The lowest BCUT2D eigenvalue weighted by Gasteiger charge is -2.08. The van der Waals surface area contributed by atoms with Crippen LogP contribution < -0.4 is 10.9 Å². The van der Waals surface area contributed by atoms with Crippen molar-refractivity contribution in [3.63, 3.8) is 0 Å². The number of nitrogens with one attached hydrogen (secondary N) is 1. The summed E-state index contributed by atoms with van der Waals surface area (Å²) >= 11 is 1.17. The topological polar surface area (TPSA) is 109 Å². The van der Waals surface area contributed by atoms with Crippen molar-refractivity contribution in [1.29, 1.82) is 0 Å². The molecule has 32 heavy (non-hydrogen) atoms. The first kappa shape index (κ1) is 23.7. The van der Waals surface area contributed by atoms with Gasteiger partial charge in [0.1, 0.15) is 0 Å². The first-order chi connectivity index (χ1) is 15.4. The molecular formula is C21H29N7O3S. The maximum Gasteiger partial charge on any atom is 0.297 e. The van der Waals surface area contributed by atoms with Gasteiger partial charge in [-0.2, -0.15) is 4.68 Å². The molecular weight excluding hydrogens is 430 g/mol. The number of hydrogen-bond donors (Lipinski definition) is 1. The summed E-state index contributed by atoms with van der Waals surface area (Å²) in [4.78, 5) is 25.4. The number of hydrogen-bond acceptors (Lipinski definition) is 7. The van der Waals surface area contributed by atoms with Gasteiger partial charge in [-0.25, -0.2) is 4.68 Å². The summed E-state index contributed by atoms with van der Waals surface area (Å²) in [5.41, 5.74) is 1.55. The molecule has 0 aliphatic rings. The van der Waals surface area contributed by atoms with E-state index in [4.69, 9.17) is 4.74 Å². The zero-order valence-corrected chi connectivity index (χ0v) is 19.6. The van der Waals surface area contributed by atoms with Crippen molar-refractivity contribution in [1.82, 2.24) is 34.9 Å². The van der Waals surface area contributed by atoms with E-state index in [2.05, 4.69) is 34.7 Å². The van der Waals surface area contributed by atoms with Gasteiger partial charge < -0.3 is 10.1 Å². The van der Waals surface area contributed by atoms with Crippen LogP contribution in [0.2, 0.25) is 0 Å². The van der Waals surface area contributed by atoms with Gasteiger partial charge in [0.25, 0.3) is 5.56 Å². The van der Waals surface area contributed by atoms with E-state index in [0.29, 0.717) is 42.2 Å². The van der Waals surface area contributed by atoms with E-state index in [1.54, 1.807) is 16.4 Å². The summed E-state index contributed by atoms with van der Waals surface area (Å²) in [6.45, 7) is 7.73. The molecule has 0 aliphatic carbocycles. The van der Waals surface area contributed by atoms with Crippen molar-refractivity contribution in [2.75, 3.05) is 25.5 Å². The first-order valence-corrected chi connectivity index (χ1v) is 11.5. The van der Waals surface area contributed by atoms with Gasteiger partial charge in [-0.1, -0.05) is 43.8 Å². The normalized spacial score (nSPS) is 11.3. The molecule has 10 nitrogen and oxygen atoms in total. The number of tetrazole rings is 1. The van der Waals surface area contributed by atoms with Crippen LogP contribution in [0.5, 0.6) is 0 Å². The molecule has 0 atom stereocenters. The van der Waals surface area contributed by atoms with E-state index in [1.807, 2.05) is 37.3 Å². The third kappa shape index (κ3) is 5.65. The Balaban J connectivity index is 1.64. The van der Waals surface area contributed by atoms with Gasteiger partial charge in [0.05, 0.1) is 23.7 Å². The van der Waals surface area contributed by atoms with Crippen LogP contribution in [-0.4, -0.2) is 61.0 Å². The minimum atomic E-state index is -0.242. The average Bonchev–Trinajstić information content (AvgIpc) is 3.31. The fraction of sp³-hybridized carbons (Fsp3) is 0.476. The van der Waals surface area contributed by atoms with Crippen LogP contribution in [0, 0.1) is 12.8 Å². The number of aromatic nitrogens is 6. The molecule has 172 valence electrons. The van der Waals surface area contributed by atoms with Crippen LogP contribution in [-0.2, 0) is 16.6 Å². The Hall–Kier alpha value is -2.92. The zero-order chi connectivity index (χ0) is 23.1. The van der Waals surface area contributed by atoms with Gasteiger partial charge >= 0.3 is 0 Å². The third-order valence-electron chi connectivity index (χ3n) is 4.92. The van der Waals surface area contributed by atoms with Gasteiger partial charge in [-0.3, -0.25) is 14.3 Å². The number of thioether (sulfide) groups is 1. The number of nitrogens with zero attached hydrogens (tertiary/aromatic N) is 6. The van der Waals surface area contributed by atoms with Crippen molar-refractivity contribution in [3.8, 4) is 11.4 Å². The van der Waals surface area contributed by atoms with E-state index >= 15 is 0 Å². The quantitative estimate of drug-likeness (QED) is 0.344. The molecule has 0 bridgehead atoms. The number of ether oxygens (including phenoxy) is 1. The van der Waals surface area contributed by atoms with E-state index in [-0.39, 0.29) is 17.2 Å². The number of benzene rings is 1. The standard InChI is InChI=1S/C21H29N7O3S/c1-15(2)10-12-31-13-11-22-18(29)14-32-21-23-24-25-27(21)19-16(3)26(4)28(20(19)30)17-8-6-5-7-9-17/h5-9,15H,10-14H2,1-4H3,(H,22,29). The molecule has 3 aromatic rings. The van der Waals surface area contributed by atoms with Gasteiger partial charge in [0, 0.05) is 20.2 Å². The maximum absolute atomic E-state index is 13.2. The van der Waals surface area contributed by atoms with Gasteiger partial charge in [-0.05, 0) is 41.8 Å². The van der Waals surface area contributed by atoms with E-state index in [9.17, 15) is 9.59 Å². The van der Waals surface area contributed by atoms with E-state index in [1.165, 1.54) is 16.4 Å². The molecule has 2 heterocycles. The molecule has 0 radical (unpaired) electrons. The second kappa shape index (κ2) is 11.1. The van der Waals surface area contributed by atoms with Gasteiger partial charge in [0.2, 0.25) is 11.1 Å². The second-order valence-electron chi connectivity index (χ2n) is 7.72.